The minimum absolute atomic E-state index is 0.279. The number of hydrogen-bond acceptors (Lipinski definition) is 4. The van der Waals surface area contributed by atoms with E-state index in [0.29, 0.717) is 13.2 Å². The molecule has 1 aromatic carbocycles. The van der Waals surface area contributed by atoms with Crippen molar-refractivity contribution in [1.82, 2.24) is 10.6 Å². The summed E-state index contributed by atoms with van der Waals surface area (Å²) in [5.74, 6) is 2.02. The maximum absolute atomic E-state index is 5.73. The highest BCUT2D eigenvalue weighted by atomic mass is 16.6. The molecule has 0 spiro atoms. The smallest absolute Gasteiger partial charge is 0.165 e. The molecule has 1 atom stereocenters. The Morgan fingerprint density at radius 2 is 2.12 bits per heavy atom. The Balaban J connectivity index is 1.96. The molecule has 2 N–H and O–H groups in total. The molecule has 0 aromatic heterocycles. The number of nitrogens with one attached hydrogen (secondary N) is 2. The number of rotatable bonds is 2. The summed E-state index contributed by atoms with van der Waals surface area (Å²) in [4.78, 5) is 0. The lowest BCUT2D eigenvalue weighted by Crippen LogP contribution is -2.19. The third-order valence-electron chi connectivity index (χ3n) is 3.18. The highest BCUT2D eigenvalue weighted by Crippen LogP contribution is 2.39. The molecule has 17 heavy (non-hydrogen) atoms. The second-order valence-corrected chi connectivity index (χ2v) is 4.25. The van der Waals surface area contributed by atoms with E-state index in [0.717, 1.165) is 18.2 Å². The molecule has 0 bridgehead atoms. The lowest BCUT2D eigenvalue weighted by Gasteiger charge is -2.24. The van der Waals surface area contributed by atoms with Gasteiger partial charge in [0.25, 0.3) is 0 Å². The van der Waals surface area contributed by atoms with E-state index in [1.54, 1.807) is 0 Å². The summed E-state index contributed by atoms with van der Waals surface area (Å²) in [6, 6.07) is 6.07. The third kappa shape index (κ3) is 1.79. The van der Waals surface area contributed by atoms with Crippen molar-refractivity contribution in [2.75, 3.05) is 19.9 Å². The Labute approximate surface area is 101 Å². The van der Waals surface area contributed by atoms with E-state index in [9.17, 15) is 0 Å². The summed E-state index contributed by atoms with van der Waals surface area (Å²) in [5.41, 5.74) is 2.36. The predicted molar refractivity (Wildman–Crippen MR) is 65.1 cm³/mol. The topological polar surface area (TPSA) is 42.5 Å². The summed E-state index contributed by atoms with van der Waals surface area (Å²) in [6.07, 6.45) is 2.02. The Hall–Kier alpha value is -1.84. The number of fused-ring (bicyclic) bond motifs is 1. The van der Waals surface area contributed by atoms with Crippen LogP contribution in [0.3, 0.4) is 0 Å². The SMILES string of the molecule is CC(C1=CNCN1)c1cccc2c1OCCO2. The molecule has 0 amide bonds. The predicted octanol–water partition coefficient (Wildman–Crippen LogP) is 1.55. The van der Waals surface area contributed by atoms with Crippen LogP contribution in [0.5, 0.6) is 11.5 Å². The quantitative estimate of drug-likeness (QED) is 0.812. The standard InChI is InChI=1S/C13H16N2O2/c1-9(11-7-14-8-15-11)10-3-2-4-12-13(10)17-6-5-16-12/h2-4,7,9,14-15H,5-6,8H2,1H3. The van der Waals surface area contributed by atoms with Gasteiger partial charge in [-0.05, 0) is 6.07 Å². The molecule has 0 aliphatic carbocycles. The molecule has 4 nitrogen and oxygen atoms in total. The minimum Gasteiger partial charge on any atom is -0.486 e. The molecule has 0 radical (unpaired) electrons. The van der Waals surface area contributed by atoms with Crippen molar-refractivity contribution in [3.63, 3.8) is 0 Å². The molecule has 90 valence electrons. The molecule has 4 heteroatoms. The number of para-hydroxylation sites is 1. The van der Waals surface area contributed by atoms with E-state index >= 15 is 0 Å². The fourth-order valence-corrected chi connectivity index (χ4v) is 2.25. The van der Waals surface area contributed by atoms with Crippen LogP contribution in [0.1, 0.15) is 18.4 Å². The lowest BCUT2D eigenvalue weighted by molar-refractivity contribution is 0.169. The molecule has 1 aromatic rings. The molecule has 2 aliphatic heterocycles. The number of hydrogen-bond donors (Lipinski definition) is 2. The summed E-state index contributed by atoms with van der Waals surface area (Å²) in [6.45, 7) is 4.22. The van der Waals surface area contributed by atoms with E-state index in [4.69, 9.17) is 9.47 Å². The van der Waals surface area contributed by atoms with Crippen LogP contribution < -0.4 is 20.1 Å². The molecule has 1 unspecified atom stereocenters. The second-order valence-electron chi connectivity index (χ2n) is 4.25. The first-order valence-electron chi connectivity index (χ1n) is 5.92. The number of allylic oxidation sites excluding steroid dienone is 1. The van der Waals surface area contributed by atoms with E-state index in [1.165, 1.54) is 11.3 Å². The Morgan fingerprint density at radius 3 is 2.94 bits per heavy atom. The molecular weight excluding hydrogens is 216 g/mol. The van der Waals surface area contributed by atoms with E-state index < -0.39 is 0 Å². The summed E-state index contributed by atoms with van der Waals surface area (Å²) >= 11 is 0. The van der Waals surface area contributed by atoms with Crippen LogP contribution >= 0.6 is 0 Å². The van der Waals surface area contributed by atoms with E-state index in [-0.39, 0.29) is 5.92 Å². The van der Waals surface area contributed by atoms with Crippen LogP contribution in [0, 0.1) is 0 Å². The highest BCUT2D eigenvalue weighted by Gasteiger charge is 2.22. The van der Waals surface area contributed by atoms with Gasteiger partial charge in [0.15, 0.2) is 11.5 Å². The lowest BCUT2D eigenvalue weighted by atomic mass is 9.96. The van der Waals surface area contributed by atoms with Crippen molar-refractivity contribution in [3.8, 4) is 11.5 Å². The summed E-state index contributed by atoms with van der Waals surface area (Å²) in [7, 11) is 0. The van der Waals surface area contributed by atoms with Crippen LogP contribution in [0.25, 0.3) is 0 Å². The second kappa shape index (κ2) is 4.20. The first-order chi connectivity index (χ1) is 8.36. The van der Waals surface area contributed by atoms with Gasteiger partial charge in [0.2, 0.25) is 0 Å². The van der Waals surface area contributed by atoms with Crippen LogP contribution in [-0.4, -0.2) is 19.9 Å². The number of benzene rings is 1. The van der Waals surface area contributed by atoms with Crippen molar-refractivity contribution in [1.29, 1.82) is 0 Å². The van der Waals surface area contributed by atoms with Gasteiger partial charge in [-0.1, -0.05) is 19.1 Å². The van der Waals surface area contributed by atoms with Gasteiger partial charge >= 0.3 is 0 Å². The maximum atomic E-state index is 5.73. The van der Waals surface area contributed by atoms with Gasteiger partial charge < -0.3 is 20.1 Å². The molecule has 0 saturated heterocycles. The molecule has 0 fully saturated rings. The Bertz CT molecular complexity index is 457. The zero-order valence-electron chi connectivity index (χ0n) is 9.82. The minimum atomic E-state index is 0.279. The van der Waals surface area contributed by atoms with Crippen molar-refractivity contribution in [2.24, 2.45) is 0 Å². The van der Waals surface area contributed by atoms with Crippen LogP contribution in [0.4, 0.5) is 0 Å². The molecule has 2 aliphatic rings. The first-order valence-corrected chi connectivity index (χ1v) is 5.92. The third-order valence-corrected chi connectivity index (χ3v) is 3.18. The van der Waals surface area contributed by atoms with Crippen molar-refractivity contribution >= 4 is 0 Å². The van der Waals surface area contributed by atoms with Gasteiger partial charge in [-0.25, -0.2) is 0 Å². The van der Waals surface area contributed by atoms with Crippen molar-refractivity contribution in [3.05, 3.63) is 35.7 Å². The average molecular weight is 232 g/mol. The first kappa shape index (κ1) is 10.3. The Kier molecular flexibility index (Phi) is 2.55. The summed E-state index contributed by atoms with van der Waals surface area (Å²) < 4.78 is 11.3. The largest absolute Gasteiger partial charge is 0.486 e. The highest BCUT2D eigenvalue weighted by molar-refractivity contribution is 5.50. The van der Waals surface area contributed by atoms with E-state index in [1.807, 2.05) is 18.3 Å². The molecule has 2 heterocycles. The van der Waals surface area contributed by atoms with Crippen molar-refractivity contribution < 1.29 is 9.47 Å². The zero-order chi connectivity index (χ0) is 11.7. The molecule has 0 saturated carbocycles. The van der Waals surface area contributed by atoms with E-state index in [2.05, 4.69) is 23.6 Å². The molecular formula is C13H16N2O2. The summed E-state index contributed by atoms with van der Waals surface area (Å²) in [5, 5.41) is 6.47. The number of ether oxygens (including phenoxy) is 2. The van der Waals surface area contributed by atoms with Crippen LogP contribution in [0.15, 0.2) is 30.1 Å². The monoisotopic (exact) mass is 232 g/mol. The van der Waals surface area contributed by atoms with Crippen LogP contribution in [0.2, 0.25) is 0 Å². The zero-order valence-corrected chi connectivity index (χ0v) is 9.82. The van der Waals surface area contributed by atoms with Gasteiger partial charge in [-0.3, -0.25) is 0 Å². The maximum Gasteiger partial charge on any atom is 0.165 e. The van der Waals surface area contributed by atoms with Crippen LogP contribution in [-0.2, 0) is 0 Å². The van der Waals surface area contributed by atoms with Gasteiger partial charge in [-0.15, -0.1) is 0 Å². The van der Waals surface area contributed by atoms with Gasteiger partial charge in [0, 0.05) is 23.4 Å². The van der Waals surface area contributed by atoms with Gasteiger partial charge in [0.1, 0.15) is 13.2 Å². The van der Waals surface area contributed by atoms with Crippen molar-refractivity contribution in [2.45, 2.75) is 12.8 Å². The van der Waals surface area contributed by atoms with Gasteiger partial charge in [-0.2, -0.15) is 0 Å². The fraction of sp³-hybridized carbons (Fsp3) is 0.385. The fourth-order valence-electron chi connectivity index (χ4n) is 2.25. The molecule has 3 rings (SSSR count). The Morgan fingerprint density at radius 1 is 1.24 bits per heavy atom. The normalized spacial score (nSPS) is 19.0. The van der Waals surface area contributed by atoms with Gasteiger partial charge in [0.05, 0.1) is 6.67 Å². The average Bonchev–Trinajstić information content (AvgIpc) is 2.91.